The van der Waals surface area contributed by atoms with Gasteiger partial charge in [-0.1, -0.05) is 0 Å². The number of hydrogen-bond donors (Lipinski definition) is 7. The number of hydrogen-bond acceptors (Lipinski definition) is 10. The molecule has 2 heterocycles. The highest BCUT2D eigenvalue weighted by molar-refractivity contribution is 5.84. The summed E-state index contributed by atoms with van der Waals surface area (Å²) in [5.74, 6) is -1.14. The maximum absolute atomic E-state index is 12.3. The number of benzene rings is 1. The second-order valence-electron chi connectivity index (χ2n) is 7.30. The van der Waals surface area contributed by atoms with Crippen molar-refractivity contribution in [2.75, 3.05) is 18.5 Å². The maximum Gasteiger partial charge on any atom is 0.349 e. The summed E-state index contributed by atoms with van der Waals surface area (Å²) in [5, 5.41) is 51.0. The Kier molecular flexibility index (Phi) is 6.84. The fourth-order valence-corrected chi connectivity index (χ4v) is 3.28. The van der Waals surface area contributed by atoms with Gasteiger partial charge in [-0.2, -0.15) is 4.98 Å². The Balaban J connectivity index is 2.19. The zero-order valence-electron chi connectivity index (χ0n) is 17.0. The molecule has 0 unspecified atom stereocenters. The molecule has 172 valence electrons. The number of carbonyl (C=O) groups is 1. The number of aromatic nitrogens is 4. The molecule has 13 nitrogen and oxygen atoms in total. The van der Waals surface area contributed by atoms with Crippen molar-refractivity contribution in [1.82, 2.24) is 19.5 Å². The predicted molar refractivity (Wildman–Crippen MR) is 112 cm³/mol. The third-order valence-electron chi connectivity index (χ3n) is 4.95. The summed E-state index contributed by atoms with van der Waals surface area (Å²) < 4.78 is 1.30. The normalized spacial score (nSPS) is 14.4. The topological polar surface area (TPSA) is 211 Å². The number of carboxylic acid groups (broad SMARTS) is 1. The van der Waals surface area contributed by atoms with Crippen LogP contribution in [0.3, 0.4) is 0 Å². The van der Waals surface area contributed by atoms with E-state index in [-0.39, 0.29) is 24.5 Å². The summed E-state index contributed by atoms with van der Waals surface area (Å²) in [6, 6.07) is 3.22. The van der Waals surface area contributed by atoms with E-state index < -0.39 is 48.7 Å². The second-order valence-corrected chi connectivity index (χ2v) is 7.30. The van der Waals surface area contributed by atoms with Crippen LogP contribution in [0.15, 0.2) is 21.7 Å². The van der Waals surface area contributed by atoms with Crippen LogP contribution in [-0.2, 0) is 11.3 Å². The van der Waals surface area contributed by atoms with Gasteiger partial charge in [0.1, 0.15) is 18.3 Å². The van der Waals surface area contributed by atoms with E-state index in [0.717, 1.165) is 0 Å². The molecule has 7 N–H and O–H groups in total. The first-order chi connectivity index (χ1) is 15.1. The Labute approximate surface area is 180 Å². The number of aliphatic carboxylic acids is 1. The van der Waals surface area contributed by atoms with Gasteiger partial charge in [-0.15, -0.1) is 0 Å². The quantitative estimate of drug-likeness (QED) is 0.175. The van der Waals surface area contributed by atoms with Crippen molar-refractivity contribution < 1.29 is 30.3 Å². The number of fused-ring (bicyclic) bond motifs is 2. The van der Waals surface area contributed by atoms with E-state index in [1.54, 1.807) is 19.1 Å². The number of aromatic amines is 1. The Bertz CT molecular complexity index is 1220. The molecule has 32 heavy (non-hydrogen) atoms. The molecule has 0 amide bonds. The van der Waals surface area contributed by atoms with E-state index >= 15 is 0 Å². The van der Waals surface area contributed by atoms with Gasteiger partial charge in [-0.3, -0.25) is 14.6 Å². The van der Waals surface area contributed by atoms with Crippen LogP contribution in [0.1, 0.15) is 12.0 Å². The maximum atomic E-state index is 12.3. The van der Waals surface area contributed by atoms with E-state index in [1.807, 2.05) is 4.98 Å². The van der Waals surface area contributed by atoms with E-state index in [9.17, 15) is 29.7 Å². The summed E-state index contributed by atoms with van der Waals surface area (Å²) >= 11 is 0. The summed E-state index contributed by atoms with van der Waals surface area (Å²) in [6.07, 6.45) is -5.07. The van der Waals surface area contributed by atoms with Crippen LogP contribution in [0, 0.1) is 6.92 Å². The van der Waals surface area contributed by atoms with Crippen molar-refractivity contribution in [1.29, 1.82) is 0 Å². The SMILES string of the molecule is Cc1cc2nc3c(=O)[nH]c(=O)nc-3n(C[C@H](O)[C@H](O)[C@H](O)CO)c2cc1NCCC(=O)O. The third-order valence-corrected chi connectivity index (χ3v) is 4.95. The molecule has 3 rings (SSSR count). The zero-order valence-corrected chi connectivity index (χ0v) is 17.0. The lowest BCUT2D eigenvalue weighted by Crippen LogP contribution is -2.42. The summed E-state index contributed by atoms with van der Waals surface area (Å²) in [5.41, 5.74) is -0.0180. The molecule has 0 fully saturated rings. The van der Waals surface area contributed by atoms with Gasteiger partial charge in [0.2, 0.25) is 0 Å². The number of rotatable bonds is 9. The number of aliphatic hydroxyl groups excluding tert-OH is 4. The molecule has 1 aromatic carbocycles. The highest BCUT2D eigenvalue weighted by atomic mass is 16.4. The summed E-state index contributed by atoms with van der Waals surface area (Å²) in [6.45, 7) is 0.689. The van der Waals surface area contributed by atoms with E-state index in [2.05, 4.69) is 15.3 Å². The van der Waals surface area contributed by atoms with Crippen LogP contribution < -0.4 is 16.6 Å². The van der Waals surface area contributed by atoms with Crippen molar-refractivity contribution in [3.8, 4) is 11.5 Å². The molecule has 0 saturated carbocycles. The average molecular weight is 449 g/mol. The van der Waals surface area contributed by atoms with Crippen molar-refractivity contribution in [2.24, 2.45) is 0 Å². The summed E-state index contributed by atoms with van der Waals surface area (Å²) in [7, 11) is 0. The van der Waals surface area contributed by atoms with Crippen LogP contribution in [0.25, 0.3) is 22.6 Å². The Morgan fingerprint density at radius 2 is 1.91 bits per heavy atom. The first-order valence-electron chi connectivity index (χ1n) is 9.68. The van der Waals surface area contributed by atoms with Crippen LogP contribution in [0.4, 0.5) is 5.69 Å². The van der Waals surface area contributed by atoms with Crippen LogP contribution in [0.2, 0.25) is 0 Å². The lowest BCUT2D eigenvalue weighted by atomic mass is 10.1. The van der Waals surface area contributed by atoms with Crippen molar-refractivity contribution in [2.45, 2.75) is 38.2 Å². The largest absolute Gasteiger partial charge is 0.481 e. The number of anilines is 1. The van der Waals surface area contributed by atoms with Gasteiger partial charge in [0, 0.05) is 12.2 Å². The molecule has 0 saturated heterocycles. The molecular formula is C19H23N5O8. The number of nitrogens with one attached hydrogen (secondary N) is 2. The molecule has 2 aliphatic rings. The van der Waals surface area contributed by atoms with Crippen LogP contribution in [-0.4, -0.2) is 82.5 Å². The molecular weight excluding hydrogens is 426 g/mol. The van der Waals surface area contributed by atoms with Crippen LogP contribution >= 0.6 is 0 Å². The number of aliphatic hydroxyl groups is 4. The monoisotopic (exact) mass is 449 g/mol. The van der Waals surface area contributed by atoms with Gasteiger partial charge in [-0.05, 0) is 24.6 Å². The van der Waals surface area contributed by atoms with Crippen molar-refractivity contribution in [3.63, 3.8) is 0 Å². The van der Waals surface area contributed by atoms with Gasteiger partial charge < -0.3 is 35.4 Å². The highest BCUT2D eigenvalue weighted by Gasteiger charge is 2.27. The molecule has 13 heteroatoms. The van der Waals surface area contributed by atoms with Crippen LogP contribution in [0.5, 0.6) is 0 Å². The first-order valence-corrected chi connectivity index (χ1v) is 9.68. The van der Waals surface area contributed by atoms with Gasteiger partial charge in [0.25, 0.3) is 5.56 Å². The molecule has 0 radical (unpaired) electrons. The minimum atomic E-state index is -1.72. The molecule has 0 bridgehead atoms. The molecule has 0 spiro atoms. The zero-order chi connectivity index (χ0) is 23.6. The molecule has 2 aliphatic heterocycles. The Morgan fingerprint density at radius 3 is 2.56 bits per heavy atom. The van der Waals surface area contributed by atoms with E-state index in [1.165, 1.54) is 4.57 Å². The molecule has 0 aliphatic carbocycles. The standard InChI is InChI=1S/C19H23N5O8/c1-8-4-10-11(5-9(8)20-3-2-14(28)29)24(6-12(26)16(30)13(27)7-25)17-15(21-10)18(31)23-19(32)22-17/h4-5,12-13,16,20,25-27,30H,2-3,6-7H2,1H3,(H,28,29)(H,23,31,32)/t12-,13+,16-/m0/s1. The Morgan fingerprint density at radius 1 is 1.19 bits per heavy atom. The number of carboxylic acids is 1. The average Bonchev–Trinajstić information content (AvgIpc) is 2.73. The number of nitrogens with zero attached hydrogens (tertiary/aromatic N) is 3. The minimum absolute atomic E-state index is 0.131. The third kappa shape index (κ3) is 4.75. The van der Waals surface area contributed by atoms with Gasteiger partial charge in [0.15, 0.2) is 11.5 Å². The number of aryl methyl sites for hydroxylation is 1. The fraction of sp³-hybridized carbons (Fsp3) is 0.421. The molecule has 0 aromatic heterocycles. The summed E-state index contributed by atoms with van der Waals surface area (Å²) in [4.78, 5) is 45.0. The van der Waals surface area contributed by atoms with Gasteiger partial charge in [-0.25, -0.2) is 9.78 Å². The predicted octanol–water partition coefficient (Wildman–Crippen LogP) is -2.15. The molecule has 1 aromatic rings. The number of H-pyrrole nitrogens is 1. The minimum Gasteiger partial charge on any atom is -0.481 e. The highest BCUT2D eigenvalue weighted by Crippen LogP contribution is 2.27. The first kappa shape index (κ1) is 23.3. The van der Waals surface area contributed by atoms with E-state index in [0.29, 0.717) is 22.3 Å². The Hall–Kier alpha value is -3.39. The van der Waals surface area contributed by atoms with E-state index in [4.69, 9.17) is 10.2 Å². The van der Waals surface area contributed by atoms with Gasteiger partial charge in [0.05, 0.1) is 30.6 Å². The fourth-order valence-electron chi connectivity index (χ4n) is 3.28. The lowest BCUT2D eigenvalue weighted by Gasteiger charge is -2.25. The van der Waals surface area contributed by atoms with Crippen molar-refractivity contribution in [3.05, 3.63) is 38.5 Å². The second kappa shape index (κ2) is 9.40. The lowest BCUT2D eigenvalue weighted by molar-refractivity contribution is -0.136. The van der Waals surface area contributed by atoms with Crippen molar-refractivity contribution >= 4 is 22.7 Å². The van der Waals surface area contributed by atoms with Gasteiger partial charge >= 0.3 is 11.7 Å². The smallest absolute Gasteiger partial charge is 0.349 e. The molecule has 3 atom stereocenters.